The summed E-state index contributed by atoms with van der Waals surface area (Å²) >= 11 is 7.83. The van der Waals surface area contributed by atoms with Gasteiger partial charge in [0.15, 0.2) is 0 Å². The van der Waals surface area contributed by atoms with Crippen LogP contribution in [0.1, 0.15) is 38.1 Å². The molecule has 1 atom stereocenters. The van der Waals surface area contributed by atoms with E-state index in [9.17, 15) is 4.79 Å². The molecule has 0 unspecified atom stereocenters. The van der Waals surface area contributed by atoms with Crippen molar-refractivity contribution >= 4 is 33.8 Å². The number of rotatable bonds is 3. The molecular formula is C22H20ClN3OS. The van der Waals surface area contributed by atoms with Crippen LogP contribution in [0.15, 0.2) is 54.6 Å². The van der Waals surface area contributed by atoms with Crippen molar-refractivity contribution in [3.8, 4) is 0 Å². The fourth-order valence-corrected chi connectivity index (χ4v) is 5.51. The van der Waals surface area contributed by atoms with Crippen molar-refractivity contribution < 1.29 is 4.79 Å². The molecule has 28 heavy (non-hydrogen) atoms. The maximum Gasteiger partial charge on any atom is 0.256 e. The van der Waals surface area contributed by atoms with Gasteiger partial charge < -0.3 is 10.6 Å². The average molecular weight is 410 g/mol. The predicted octanol–water partition coefficient (Wildman–Crippen LogP) is 4.81. The first-order valence-electron chi connectivity index (χ1n) is 9.41. The van der Waals surface area contributed by atoms with Gasteiger partial charge in [-0.05, 0) is 35.2 Å². The topological polar surface area (TPSA) is 44.4 Å². The molecular weight excluding hydrogens is 390 g/mol. The van der Waals surface area contributed by atoms with Gasteiger partial charge >= 0.3 is 0 Å². The number of hydrogen-bond donors (Lipinski definition) is 2. The van der Waals surface area contributed by atoms with Gasteiger partial charge in [0.1, 0.15) is 11.2 Å². The summed E-state index contributed by atoms with van der Waals surface area (Å²) in [5.41, 5.74) is 4.32. The predicted molar refractivity (Wildman–Crippen MR) is 114 cm³/mol. The number of fused-ring (bicyclic) bond motifs is 3. The first kappa shape index (κ1) is 17.7. The smallest absolute Gasteiger partial charge is 0.256 e. The normalized spacial score (nSPS) is 18.8. The number of nitrogens with one attached hydrogen (secondary N) is 2. The largest absolute Gasteiger partial charge is 0.353 e. The molecule has 0 radical (unpaired) electrons. The Hall–Kier alpha value is -2.34. The third-order valence-electron chi connectivity index (χ3n) is 5.34. The van der Waals surface area contributed by atoms with E-state index in [4.69, 9.17) is 11.6 Å². The van der Waals surface area contributed by atoms with Crippen molar-refractivity contribution in [2.45, 2.75) is 25.7 Å². The summed E-state index contributed by atoms with van der Waals surface area (Å²) in [5.74, 6) is 0.00716. The monoisotopic (exact) mass is 409 g/mol. The van der Waals surface area contributed by atoms with E-state index < -0.39 is 0 Å². The second-order valence-electron chi connectivity index (χ2n) is 7.26. The molecule has 2 aromatic carbocycles. The molecule has 6 heteroatoms. The van der Waals surface area contributed by atoms with Crippen molar-refractivity contribution in [3.63, 3.8) is 0 Å². The summed E-state index contributed by atoms with van der Waals surface area (Å²) in [4.78, 5) is 16.6. The van der Waals surface area contributed by atoms with Crippen molar-refractivity contribution in [2.24, 2.45) is 0 Å². The standard InChI is InChI=1S/C22H20ClN3OS/c23-16-8-4-7-15(11-16)20-24-21(27)19-17-9-10-26(12-14-5-2-1-3-6-14)13-18(17)28-22(19)25-20/h1-8,11,20,25H,9-10,12-13H2,(H,24,27)/t20-/m0/s1. The van der Waals surface area contributed by atoms with E-state index in [1.54, 1.807) is 11.3 Å². The summed E-state index contributed by atoms with van der Waals surface area (Å²) in [7, 11) is 0. The quantitative estimate of drug-likeness (QED) is 0.652. The van der Waals surface area contributed by atoms with Gasteiger partial charge in [0, 0.05) is 29.5 Å². The molecule has 1 amide bonds. The molecule has 0 saturated carbocycles. The van der Waals surface area contributed by atoms with Crippen molar-refractivity contribution in [3.05, 3.63) is 86.8 Å². The lowest BCUT2D eigenvalue weighted by Crippen LogP contribution is -2.38. The lowest BCUT2D eigenvalue weighted by molar-refractivity contribution is 0.0934. The SMILES string of the molecule is O=C1N[C@H](c2cccc(Cl)c2)Nc2sc3c(c21)CCN(Cc1ccccc1)C3. The van der Waals surface area contributed by atoms with Crippen LogP contribution < -0.4 is 10.6 Å². The van der Waals surface area contributed by atoms with Crippen LogP contribution in [0.4, 0.5) is 5.00 Å². The number of halogens is 1. The third kappa shape index (κ3) is 3.30. The van der Waals surface area contributed by atoms with E-state index in [-0.39, 0.29) is 12.1 Å². The van der Waals surface area contributed by atoms with Gasteiger partial charge in [-0.25, -0.2) is 0 Å². The molecule has 0 aliphatic carbocycles. The summed E-state index contributed by atoms with van der Waals surface area (Å²) in [6, 6.07) is 18.2. The van der Waals surface area contributed by atoms with E-state index in [0.717, 1.165) is 42.2 Å². The number of anilines is 1. The molecule has 1 aromatic heterocycles. The Kier molecular flexibility index (Phi) is 4.59. The van der Waals surface area contributed by atoms with E-state index in [1.165, 1.54) is 16.0 Å². The maximum absolute atomic E-state index is 12.9. The molecule has 0 spiro atoms. The second kappa shape index (κ2) is 7.24. The summed E-state index contributed by atoms with van der Waals surface area (Å²) in [6.45, 7) is 2.79. The molecule has 3 heterocycles. The molecule has 2 aliphatic rings. The van der Waals surface area contributed by atoms with Crippen LogP contribution in [0, 0.1) is 0 Å². The second-order valence-corrected chi connectivity index (χ2v) is 8.80. The number of carbonyl (C=O) groups excluding carboxylic acids is 1. The Morgan fingerprint density at radius 1 is 1.11 bits per heavy atom. The highest BCUT2D eigenvalue weighted by Crippen LogP contribution is 2.41. The molecule has 3 aromatic rings. The molecule has 2 N–H and O–H groups in total. The van der Waals surface area contributed by atoms with E-state index in [2.05, 4.69) is 39.8 Å². The summed E-state index contributed by atoms with van der Waals surface area (Å²) < 4.78 is 0. The lowest BCUT2D eigenvalue weighted by Gasteiger charge is -2.28. The molecule has 5 rings (SSSR count). The molecule has 2 aliphatic heterocycles. The minimum Gasteiger partial charge on any atom is -0.353 e. The Morgan fingerprint density at radius 2 is 1.96 bits per heavy atom. The van der Waals surface area contributed by atoms with E-state index in [0.29, 0.717) is 5.02 Å². The van der Waals surface area contributed by atoms with Gasteiger partial charge in [-0.3, -0.25) is 9.69 Å². The van der Waals surface area contributed by atoms with Gasteiger partial charge in [0.2, 0.25) is 0 Å². The van der Waals surface area contributed by atoms with Crippen LogP contribution in [-0.4, -0.2) is 17.4 Å². The van der Waals surface area contributed by atoms with Gasteiger partial charge in [-0.1, -0.05) is 54.1 Å². The maximum atomic E-state index is 12.9. The molecule has 0 fully saturated rings. The van der Waals surface area contributed by atoms with Crippen molar-refractivity contribution in [2.75, 3.05) is 11.9 Å². The fraction of sp³-hybridized carbons (Fsp3) is 0.227. The third-order valence-corrected chi connectivity index (χ3v) is 6.73. The summed E-state index contributed by atoms with van der Waals surface area (Å²) in [5, 5.41) is 8.23. The van der Waals surface area contributed by atoms with E-state index in [1.807, 2.05) is 30.3 Å². The summed E-state index contributed by atoms with van der Waals surface area (Å²) in [6.07, 6.45) is 0.657. The van der Waals surface area contributed by atoms with Crippen LogP contribution in [-0.2, 0) is 19.5 Å². The number of thiophene rings is 1. The van der Waals surface area contributed by atoms with Crippen LogP contribution in [0.25, 0.3) is 0 Å². The number of carbonyl (C=O) groups is 1. The minimum absolute atomic E-state index is 0.00716. The first-order valence-corrected chi connectivity index (χ1v) is 10.6. The van der Waals surface area contributed by atoms with Gasteiger partial charge in [-0.2, -0.15) is 0 Å². The van der Waals surface area contributed by atoms with Crippen LogP contribution in [0.2, 0.25) is 5.02 Å². The average Bonchev–Trinajstić information content (AvgIpc) is 3.07. The zero-order valence-corrected chi connectivity index (χ0v) is 16.8. The van der Waals surface area contributed by atoms with Gasteiger partial charge in [0.05, 0.1) is 5.56 Å². The molecule has 0 bridgehead atoms. The van der Waals surface area contributed by atoms with Crippen molar-refractivity contribution in [1.29, 1.82) is 0 Å². The van der Waals surface area contributed by atoms with Gasteiger partial charge in [0.25, 0.3) is 5.91 Å². The highest BCUT2D eigenvalue weighted by molar-refractivity contribution is 7.16. The van der Waals surface area contributed by atoms with E-state index >= 15 is 0 Å². The Balaban J connectivity index is 1.39. The number of nitrogens with zero attached hydrogens (tertiary/aromatic N) is 1. The lowest BCUT2D eigenvalue weighted by atomic mass is 10.00. The zero-order chi connectivity index (χ0) is 19.1. The highest BCUT2D eigenvalue weighted by Gasteiger charge is 2.33. The minimum atomic E-state index is -0.251. The van der Waals surface area contributed by atoms with Crippen LogP contribution in [0.5, 0.6) is 0 Å². The number of hydrogen-bond acceptors (Lipinski definition) is 4. The number of amides is 1. The molecule has 4 nitrogen and oxygen atoms in total. The van der Waals surface area contributed by atoms with Gasteiger partial charge in [-0.15, -0.1) is 11.3 Å². The fourth-order valence-electron chi connectivity index (χ4n) is 4.00. The Labute approximate surface area is 173 Å². The Morgan fingerprint density at radius 3 is 2.79 bits per heavy atom. The van der Waals surface area contributed by atoms with Crippen LogP contribution in [0.3, 0.4) is 0 Å². The van der Waals surface area contributed by atoms with Crippen LogP contribution >= 0.6 is 22.9 Å². The first-order chi connectivity index (χ1) is 13.7. The van der Waals surface area contributed by atoms with Crippen molar-refractivity contribution in [1.82, 2.24) is 10.2 Å². The highest BCUT2D eigenvalue weighted by atomic mass is 35.5. The molecule has 142 valence electrons. The molecule has 0 saturated heterocycles. The Bertz CT molecular complexity index is 1030. The number of benzene rings is 2. The zero-order valence-electron chi connectivity index (χ0n) is 15.2.